The number of hydrogen-bond acceptors (Lipinski definition) is 5. The molecule has 1 heterocycles. The Bertz CT molecular complexity index is 1050. The Hall–Kier alpha value is -2.91. The highest BCUT2D eigenvalue weighted by atomic mass is 32.2. The molecule has 2 aromatic carbocycles. The quantitative estimate of drug-likeness (QED) is 0.661. The molecule has 0 radical (unpaired) electrons. The number of carbonyl (C=O) groups excluding carboxylic acids is 2. The largest absolute Gasteiger partial charge is 0.496 e. The van der Waals surface area contributed by atoms with E-state index in [1.807, 2.05) is 24.3 Å². The van der Waals surface area contributed by atoms with Gasteiger partial charge in [-0.15, -0.1) is 0 Å². The van der Waals surface area contributed by atoms with Crippen molar-refractivity contribution in [1.82, 2.24) is 14.9 Å². The van der Waals surface area contributed by atoms with E-state index in [2.05, 4.69) is 10.0 Å². The first-order valence-corrected chi connectivity index (χ1v) is 11.1. The number of rotatable bonds is 8. The Morgan fingerprint density at radius 2 is 1.90 bits per heavy atom. The minimum atomic E-state index is -3.87. The second kappa shape index (κ2) is 9.27. The molecule has 1 fully saturated rings. The molecular weight excluding hydrogens is 406 g/mol. The number of nitrogens with zero attached hydrogens (tertiary/aromatic N) is 1. The lowest BCUT2D eigenvalue weighted by Crippen LogP contribution is -2.27. The van der Waals surface area contributed by atoms with E-state index < -0.39 is 15.9 Å². The molecule has 0 unspecified atom stereocenters. The number of carbonyl (C=O) groups is 2. The molecule has 9 heteroatoms. The summed E-state index contributed by atoms with van der Waals surface area (Å²) in [5, 5.41) is 2.47. The van der Waals surface area contributed by atoms with Crippen molar-refractivity contribution in [3.05, 3.63) is 59.2 Å². The van der Waals surface area contributed by atoms with Crippen molar-refractivity contribution in [1.29, 1.82) is 0 Å². The zero-order valence-electron chi connectivity index (χ0n) is 17.0. The van der Waals surface area contributed by atoms with Gasteiger partial charge in [-0.3, -0.25) is 9.59 Å². The van der Waals surface area contributed by atoms with Gasteiger partial charge in [0.2, 0.25) is 15.9 Å². The van der Waals surface area contributed by atoms with Crippen molar-refractivity contribution in [2.45, 2.75) is 30.8 Å². The molecule has 2 N–H and O–H groups in total. The molecule has 8 nitrogen and oxygen atoms in total. The van der Waals surface area contributed by atoms with Crippen LogP contribution in [0.5, 0.6) is 5.75 Å². The SMILES string of the molecule is CNC(=O)c1cc(S(=O)(=O)NCc2ccccc2CN2CCCC2=O)ccc1OC. The first kappa shape index (κ1) is 21.8. The average Bonchev–Trinajstić information content (AvgIpc) is 3.16. The molecule has 160 valence electrons. The number of methoxy groups -OCH3 is 1. The Labute approximate surface area is 176 Å². The monoisotopic (exact) mass is 431 g/mol. The highest BCUT2D eigenvalue weighted by molar-refractivity contribution is 7.89. The van der Waals surface area contributed by atoms with Gasteiger partial charge in [0.05, 0.1) is 17.6 Å². The number of likely N-dealkylation sites (tertiary alicyclic amines) is 1. The molecule has 1 aliphatic heterocycles. The van der Waals surface area contributed by atoms with Gasteiger partial charge in [-0.1, -0.05) is 24.3 Å². The highest BCUT2D eigenvalue weighted by Gasteiger charge is 2.22. The van der Waals surface area contributed by atoms with Gasteiger partial charge in [-0.05, 0) is 35.7 Å². The summed E-state index contributed by atoms with van der Waals surface area (Å²) in [5.74, 6) is -0.0381. The lowest BCUT2D eigenvalue weighted by molar-refractivity contribution is -0.128. The predicted molar refractivity (Wildman–Crippen MR) is 112 cm³/mol. The third-order valence-corrected chi connectivity index (χ3v) is 6.46. The number of amides is 2. The Morgan fingerprint density at radius 1 is 1.17 bits per heavy atom. The smallest absolute Gasteiger partial charge is 0.254 e. The van der Waals surface area contributed by atoms with Gasteiger partial charge in [0, 0.05) is 33.1 Å². The highest BCUT2D eigenvalue weighted by Crippen LogP contribution is 2.23. The van der Waals surface area contributed by atoms with Crippen molar-refractivity contribution in [3.63, 3.8) is 0 Å². The van der Waals surface area contributed by atoms with Crippen molar-refractivity contribution >= 4 is 21.8 Å². The summed E-state index contributed by atoms with van der Waals surface area (Å²) in [4.78, 5) is 25.7. The second-order valence-electron chi connectivity index (χ2n) is 6.95. The molecule has 30 heavy (non-hydrogen) atoms. The van der Waals surface area contributed by atoms with Gasteiger partial charge in [0.25, 0.3) is 5.91 Å². The summed E-state index contributed by atoms with van der Waals surface area (Å²) < 4.78 is 33.4. The lowest BCUT2D eigenvalue weighted by atomic mass is 10.1. The van der Waals surface area contributed by atoms with E-state index in [0.717, 1.165) is 17.5 Å². The molecule has 0 aliphatic carbocycles. The standard InChI is InChI=1S/C21H25N3O5S/c1-22-21(26)18-12-17(9-10-19(18)29-2)30(27,28)23-13-15-6-3-4-7-16(15)14-24-11-5-8-20(24)25/h3-4,6-7,9-10,12,23H,5,8,11,13-14H2,1-2H3,(H,22,26). The molecule has 0 spiro atoms. The number of sulfonamides is 1. The summed E-state index contributed by atoms with van der Waals surface area (Å²) in [7, 11) is -0.994. The van der Waals surface area contributed by atoms with E-state index >= 15 is 0 Å². The van der Waals surface area contributed by atoms with Gasteiger partial charge in [-0.25, -0.2) is 13.1 Å². The first-order chi connectivity index (χ1) is 14.4. The maximum Gasteiger partial charge on any atom is 0.254 e. The van der Waals surface area contributed by atoms with Crippen LogP contribution in [-0.4, -0.2) is 45.8 Å². The van der Waals surface area contributed by atoms with E-state index in [4.69, 9.17) is 4.74 Å². The van der Waals surface area contributed by atoms with Crippen LogP contribution in [0.1, 0.15) is 34.3 Å². The number of benzene rings is 2. The van der Waals surface area contributed by atoms with Crippen molar-refractivity contribution in [2.75, 3.05) is 20.7 Å². The van der Waals surface area contributed by atoms with Crippen molar-refractivity contribution in [2.24, 2.45) is 0 Å². The molecule has 0 atom stereocenters. The van der Waals surface area contributed by atoms with E-state index in [1.54, 1.807) is 4.90 Å². The van der Waals surface area contributed by atoms with Crippen LogP contribution in [-0.2, 0) is 27.9 Å². The summed E-state index contributed by atoms with van der Waals surface area (Å²) in [6.07, 6.45) is 1.40. The third-order valence-electron chi connectivity index (χ3n) is 5.06. The minimum absolute atomic E-state index is 0.0332. The zero-order valence-corrected chi connectivity index (χ0v) is 17.8. The maximum absolute atomic E-state index is 12.8. The second-order valence-corrected chi connectivity index (χ2v) is 8.72. The number of nitrogens with one attached hydrogen (secondary N) is 2. The molecule has 0 aromatic heterocycles. The molecule has 0 bridgehead atoms. The van der Waals surface area contributed by atoms with Gasteiger partial charge in [-0.2, -0.15) is 0 Å². The van der Waals surface area contributed by atoms with Crippen LogP contribution >= 0.6 is 0 Å². The molecule has 2 amide bonds. The third kappa shape index (κ3) is 4.80. The van der Waals surface area contributed by atoms with Crippen LogP contribution in [0.25, 0.3) is 0 Å². The molecule has 1 aliphatic rings. The molecule has 3 rings (SSSR count). The van der Waals surface area contributed by atoms with Crippen LogP contribution in [0.3, 0.4) is 0 Å². The fourth-order valence-corrected chi connectivity index (χ4v) is 4.42. The number of hydrogen-bond donors (Lipinski definition) is 2. The lowest BCUT2D eigenvalue weighted by Gasteiger charge is -2.18. The van der Waals surface area contributed by atoms with E-state index in [9.17, 15) is 18.0 Å². The Balaban J connectivity index is 1.79. The van der Waals surface area contributed by atoms with Crippen LogP contribution < -0.4 is 14.8 Å². The Morgan fingerprint density at radius 3 is 2.53 bits per heavy atom. The van der Waals surface area contributed by atoms with Crippen molar-refractivity contribution < 1.29 is 22.7 Å². The van der Waals surface area contributed by atoms with Gasteiger partial charge in [0.1, 0.15) is 5.75 Å². The summed E-state index contributed by atoms with van der Waals surface area (Å²) in [5.41, 5.74) is 1.83. The van der Waals surface area contributed by atoms with Gasteiger partial charge >= 0.3 is 0 Å². The normalized spacial score (nSPS) is 14.1. The first-order valence-electron chi connectivity index (χ1n) is 9.60. The summed E-state index contributed by atoms with van der Waals surface area (Å²) in [6.45, 7) is 1.25. The average molecular weight is 432 g/mol. The molecule has 0 saturated carbocycles. The predicted octanol–water partition coefficient (Wildman–Crippen LogP) is 1.66. The molecular formula is C21H25N3O5S. The number of ether oxygens (including phenoxy) is 1. The fraction of sp³-hybridized carbons (Fsp3) is 0.333. The Kier molecular flexibility index (Phi) is 6.73. The topological polar surface area (TPSA) is 105 Å². The summed E-state index contributed by atoms with van der Waals surface area (Å²) in [6, 6.07) is 11.6. The molecule has 2 aromatic rings. The zero-order chi connectivity index (χ0) is 21.7. The van der Waals surface area contributed by atoms with Gasteiger partial charge < -0.3 is 15.0 Å². The van der Waals surface area contributed by atoms with Crippen LogP contribution in [0.2, 0.25) is 0 Å². The fourth-order valence-electron chi connectivity index (χ4n) is 3.38. The van der Waals surface area contributed by atoms with Crippen LogP contribution in [0.15, 0.2) is 47.4 Å². The molecule has 1 saturated heterocycles. The minimum Gasteiger partial charge on any atom is -0.496 e. The van der Waals surface area contributed by atoms with Crippen LogP contribution in [0.4, 0.5) is 0 Å². The van der Waals surface area contributed by atoms with E-state index in [0.29, 0.717) is 19.5 Å². The maximum atomic E-state index is 12.8. The van der Waals surface area contributed by atoms with Gasteiger partial charge in [0.15, 0.2) is 0 Å². The van der Waals surface area contributed by atoms with Crippen molar-refractivity contribution in [3.8, 4) is 5.75 Å². The van der Waals surface area contributed by atoms with Crippen LogP contribution in [0, 0.1) is 0 Å². The van der Waals surface area contributed by atoms with E-state index in [1.165, 1.54) is 32.4 Å². The summed E-state index contributed by atoms with van der Waals surface area (Å²) >= 11 is 0. The van der Waals surface area contributed by atoms with E-state index in [-0.39, 0.29) is 28.7 Å².